The molecular weight excluding hydrogens is 1730 g/mol. The minimum Gasteiger partial charge on any atom is -0.206 e. The number of aryl methyl sites for hydroxylation is 12. The first-order valence-electron chi connectivity index (χ1n) is 34.8. The largest absolute Gasteiger partial charge is 0.307 e. The van der Waals surface area contributed by atoms with Gasteiger partial charge in [-0.25, -0.2) is 136 Å². The summed E-state index contributed by atoms with van der Waals surface area (Å²) in [5.74, 6) is -65.7. The van der Waals surface area contributed by atoms with Gasteiger partial charge in [-0.2, -0.15) is 22.0 Å². The topological polar surface area (TPSA) is 0 Å². The maximum absolute atomic E-state index is 13.8. The summed E-state index contributed by atoms with van der Waals surface area (Å²) in [6.45, 7) is 30.3. The Kier molecular flexibility index (Phi) is 45.6. The fourth-order valence-electron chi connectivity index (χ4n) is 10.5. The van der Waals surface area contributed by atoms with Crippen LogP contribution in [0.15, 0.2) is 96.6 Å². The van der Waals surface area contributed by atoms with Crippen molar-refractivity contribution < 1.29 is 158 Å². The summed E-state index contributed by atoms with van der Waals surface area (Å²) in [4.78, 5) is 0. The highest BCUT2D eigenvalue weighted by atomic mass is 19.3. The minimum absolute atomic E-state index is 0. The van der Waals surface area contributed by atoms with Crippen molar-refractivity contribution in [3.8, 4) is 22.3 Å². The monoisotopic (exact) mass is 1800 g/mol. The molecule has 10 rings (SSSR count). The van der Waals surface area contributed by atoms with Crippen LogP contribution in [0, 0.1) is 246 Å². The van der Waals surface area contributed by atoms with E-state index in [1.165, 1.54) is 73.7 Å². The highest BCUT2D eigenvalue weighted by Gasteiger charge is 2.36. The average Bonchev–Trinajstić information content (AvgIpc) is 0.753. The van der Waals surface area contributed by atoms with Crippen molar-refractivity contribution in [3.05, 3.63) is 349 Å². The Hall–Kier alpha value is -10.8. The Morgan fingerprint density at radius 1 is 0.211 bits per heavy atom. The third-order valence-electron chi connectivity index (χ3n) is 15.9. The molecule has 0 heterocycles. The van der Waals surface area contributed by atoms with Gasteiger partial charge in [0.25, 0.3) is 6.43 Å². The first-order chi connectivity index (χ1) is 56.2. The molecular formula is C87H76F36. The maximum Gasteiger partial charge on any atom is 0.307 e. The van der Waals surface area contributed by atoms with Crippen LogP contribution < -0.4 is 0 Å². The molecule has 0 bridgehead atoms. The normalized spacial score (nSPS) is 10.3. The number of hydrogen-bond donors (Lipinski definition) is 0. The summed E-state index contributed by atoms with van der Waals surface area (Å²) in [6.07, 6.45) is -7.37. The Morgan fingerprint density at radius 2 is 0.350 bits per heavy atom. The van der Waals surface area contributed by atoms with Gasteiger partial charge in [0.2, 0.25) is 29.1 Å². The second-order valence-electron chi connectivity index (χ2n) is 25.9. The quantitative estimate of drug-likeness (QED) is 0.0848. The molecule has 0 saturated carbocycles. The molecule has 0 aliphatic carbocycles. The van der Waals surface area contributed by atoms with Crippen molar-refractivity contribution in [3.63, 3.8) is 0 Å². The van der Waals surface area contributed by atoms with E-state index in [2.05, 4.69) is 156 Å². The van der Waals surface area contributed by atoms with Crippen LogP contribution in [0.3, 0.4) is 0 Å². The SMILES string of the molecule is C.CC(F)=C(F)F.CCc1c(F)c(F)c(-c2c(F)c(F)c(F)c(F)c2F)c(F)c1F.CCc1c(F)c(F)c(F)c(F)c1F.CCc1cc(C)cc(C)c1.CCc1cc(C)cc(C)c1.Cc1c(F)c(F)c(-c2c(F)c(F)c(F)c(F)c2F)c(F)c1F.Cc1c(F)c(F)c(F)c(F)c1F.Cc1cc(C)cc(C)c1.Cc1cc(C)cc(C)c1.FC(F)=C(F)C(F)F. The number of rotatable bonds is 7. The van der Waals surface area contributed by atoms with E-state index in [-0.39, 0.29) is 13.8 Å². The molecule has 10 aromatic carbocycles. The summed E-state index contributed by atoms with van der Waals surface area (Å²) in [5, 5.41) is 0. The molecule has 0 nitrogen and oxygen atoms in total. The van der Waals surface area contributed by atoms with Crippen LogP contribution in [0.4, 0.5) is 158 Å². The molecule has 36 heteroatoms. The third kappa shape index (κ3) is 30.3. The van der Waals surface area contributed by atoms with Gasteiger partial charge in [0.15, 0.2) is 145 Å². The first-order valence-corrected chi connectivity index (χ1v) is 34.8. The van der Waals surface area contributed by atoms with Crippen molar-refractivity contribution in [1.82, 2.24) is 0 Å². The molecule has 0 aliphatic rings. The zero-order valence-electron chi connectivity index (χ0n) is 66.9. The lowest BCUT2D eigenvalue weighted by Crippen LogP contribution is -2.10. The van der Waals surface area contributed by atoms with E-state index in [1.54, 1.807) is 0 Å². The van der Waals surface area contributed by atoms with Crippen molar-refractivity contribution in [2.24, 2.45) is 0 Å². The van der Waals surface area contributed by atoms with Crippen LogP contribution >= 0.6 is 0 Å². The number of halogens is 36. The molecule has 0 spiro atoms. The molecule has 0 amide bonds. The minimum atomic E-state index is -3.69. The van der Waals surface area contributed by atoms with E-state index >= 15 is 0 Å². The number of allylic oxidation sites excluding steroid dienone is 2. The first kappa shape index (κ1) is 112. The maximum atomic E-state index is 13.8. The van der Waals surface area contributed by atoms with Gasteiger partial charge in [-0.05, 0) is 127 Å². The average molecular weight is 1810 g/mol. The van der Waals surface area contributed by atoms with Crippen molar-refractivity contribution >= 4 is 0 Å². The number of hydrogen-bond acceptors (Lipinski definition) is 0. The molecule has 0 saturated heterocycles. The van der Waals surface area contributed by atoms with Crippen molar-refractivity contribution in [1.29, 1.82) is 0 Å². The highest BCUT2D eigenvalue weighted by Crippen LogP contribution is 2.40. The fraction of sp³-hybridized carbons (Fsp3) is 0.264. The van der Waals surface area contributed by atoms with Gasteiger partial charge in [0.1, 0.15) is 0 Å². The summed E-state index contributed by atoms with van der Waals surface area (Å²) in [7, 11) is 0. The molecule has 10 aromatic rings. The molecule has 0 fully saturated rings. The third-order valence-corrected chi connectivity index (χ3v) is 15.9. The highest BCUT2D eigenvalue weighted by molar-refractivity contribution is 5.69. The van der Waals surface area contributed by atoms with E-state index < -0.39 is 244 Å². The second kappa shape index (κ2) is 50.1. The van der Waals surface area contributed by atoms with Crippen LogP contribution in [0.25, 0.3) is 22.3 Å². The lowest BCUT2D eigenvalue weighted by atomic mass is 9.98. The van der Waals surface area contributed by atoms with Crippen LogP contribution in [-0.2, 0) is 25.7 Å². The Balaban J connectivity index is 0.00000138. The Morgan fingerprint density at radius 3 is 0.504 bits per heavy atom. The van der Waals surface area contributed by atoms with Crippen LogP contribution in [0.1, 0.15) is 131 Å². The lowest BCUT2D eigenvalue weighted by Gasteiger charge is -2.13. The van der Waals surface area contributed by atoms with Gasteiger partial charge < -0.3 is 0 Å². The molecule has 0 radical (unpaired) electrons. The molecule has 0 aliphatic heterocycles. The van der Waals surface area contributed by atoms with Gasteiger partial charge in [-0.15, -0.1) is 0 Å². The Labute approximate surface area is 683 Å². The Bertz CT molecular complexity index is 4830. The predicted octanol–water partition coefficient (Wildman–Crippen LogP) is 31.7. The van der Waals surface area contributed by atoms with Crippen molar-refractivity contribution in [2.75, 3.05) is 0 Å². The summed E-state index contributed by atoms with van der Waals surface area (Å²) < 4.78 is 452. The smallest absolute Gasteiger partial charge is 0.206 e. The molecule has 0 atom stereocenters. The molecule has 0 N–H and O–H groups in total. The van der Waals surface area contributed by atoms with E-state index in [4.69, 9.17) is 0 Å². The van der Waals surface area contributed by atoms with Crippen LogP contribution in [0.5, 0.6) is 0 Å². The van der Waals surface area contributed by atoms with E-state index in [9.17, 15) is 158 Å². The van der Waals surface area contributed by atoms with Gasteiger partial charge in [0.05, 0.1) is 22.3 Å². The van der Waals surface area contributed by atoms with Crippen LogP contribution in [0.2, 0.25) is 0 Å². The van der Waals surface area contributed by atoms with Crippen molar-refractivity contribution in [2.45, 2.75) is 157 Å². The summed E-state index contributed by atoms with van der Waals surface area (Å²) >= 11 is 0. The molecule has 0 unspecified atom stereocenters. The van der Waals surface area contributed by atoms with E-state index in [1.807, 2.05) is 0 Å². The van der Waals surface area contributed by atoms with Gasteiger partial charge in [-0.3, -0.25) is 0 Å². The zero-order valence-corrected chi connectivity index (χ0v) is 66.9. The van der Waals surface area contributed by atoms with Gasteiger partial charge in [0, 0.05) is 22.3 Å². The molecule has 676 valence electrons. The van der Waals surface area contributed by atoms with Gasteiger partial charge >= 0.3 is 12.2 Å². The molecule has 0 aromatic heterocycles. The number of benzene rings is 10. The zero-order chi connectivity index (χ0) is 94.9. The van der Waals surface area contributed by atoms with E-state index in [0.29, 0.717) is 13.8 Å². The lowest BCUT2D eigenvalue weighted by molar-refractivity contribution is 0.145. The van der Waals surface area contributed by atoms with Crippen LogP contribution in [-0.4, -0.2) is 6.43 Å². The predicted molar refractivity (Wildman–Crippen MR) is 395 cm³/mol. The molecule has 123 heavy (non-hydrogen) atoms. The second-order valence-corrected chi connectivity index (χ2v) is 25.9. The van der Waals surface area contributed by atoms with E-state index in [0.717, 1.165) is 26.7 Å². The number of alkyl halides is 2. The summed E-state index contributed by atoms with van der Waals surface area (Å²) in [5.41, 5.74) is 4.43. The summed E-state index contributed by atoms with van der Waals surface area (Å²) in [6, 6.07) is 26.5. The fourth-order valence-corrected chi connectivity index (χ4v) is 10.5. The standard InChI is InChI=1S/C14H5F9.C13H3F9.2C10H14.2C9H12.C8H5F5.C7H3F5.C3HF5.C3H3F3.CH4/c1-2-3-6(15)8(17)4(9(18)7(3)16)5-10(19)12(21)14(23)13(22)11(5)20;1-2-5(14)7(16)3(8(17)6(2)15)4-9(18)11(20)13(22)12(21)10(4)19;2*1-4-10-6-8(2)5-9(3)7-10;2*1-7-4-8(2)6-9(3)5-7;1-2-3-4(9)6(11)8(13)7(12)5(3)10;1-2-3(8)5(10)7(12)6(11)4(2)9;4-1(2(5)6)3(7)8;1-2(4)3(5)6;/h2H2,1H3;1H3;2*5-7H,4H2,1-3H3;2*4-6H,1-3H3;2H2,1H3;1H3;2H;1H3;1H4. The van der Waals surface area contributed by atoms with Gasteiger partial charge in [-0.1, -0.05) is 164 Å².